The van der Waals surface area contributed by atoms with Crippen LogP contribution in [0.25, 0.3) is 22.0 Å². The third-order valence-corrected chi connectivity index (χ3v) is 5.95. The van der Waals surface area contributed by atoms with Crippen LogP contribution in [0.15, 0.2) is 66.7 Å². The average molecular weight is 440 g/mol. The van der Waals surface area contributed by atoms with Crippen molar-refractivity contribution in [1.29, 1.82) is 10.8 Å². The van der Waals surface area contributed by atoms with Crippen LogP contribution in [0.1, 0.15) is 31.9 Å². The van der Waals surface area contributed by atoms with Crippen molar-refractivity contribution in [3.63, 3.8) is 0 Å². The Kier molecular flexibility index (Phi) is 5.87. The number of aliphatic hydroxyl groups excluding tert-OH is 1. The van der Waals surface area contributed by atoms with Crippen molar-refractivity contribution in [1.82, 2.24) is 9.55 Å². The standard InChI is InChI=1S/C27H29N5O/c1-27(2,3)21-11-9-19(10-12-21)20-6-5-7-22(15-20)31(4)25-23-13-8-18(16-33)14-24(23)32(17-28)26(29)30-25/h5-15,17,28-29,33H,16H2,1-4H3. The molecule has 0 bridgehead atoms. The van der Waals surface area contributed by atoms with Crippen molar-refractivity contribution in [2.45, 2.75) is 32.8 Å². The fourth-order valence-corrected chi connectivity index (χ4v) is 3.96. The molecule has 0 saturated carbocycles. The van der Waals surface area contributed by atoms with E-state index in [9.17, 15) is 5.11 Å². The lowest BCUT2D eigenvalue weighted by Gasteiger charge is -2.22. The van der Waals surface area contributed by atoms with E-state index in [1.807, 2.05) is 36.2 Å². The molecule has 4 rings (SSSR count). The zero-order chi connectivity index (χ0) is 23.8. The highest BCUT2D eigenvalue weighted by Gasteiger charge is 2.16. The van der Waals surface area contributed by atoms with E-state index < -0.39 is 0 Å². The van der Waals surface area contributed by atoms with Crippen LogP contribution >= 0.6 is 0 Å². The van der Waals surface area contributed by atoms with E-state index in [4.69, 9.17) is 10.8 Å². The molecule has 6 nitrogen and oxygen atoms in total. The number of anilines is 2. The van der Waals surface area contributed by atoms with Crippen molar-refractivity contribution in [2.24, 2.45) is 0 Å². The Morgan fingerprint density at radius 2 is 1.73 bits per heavy atom. The monoisotopic (exact) mass is 439 g/mol. The zero-order valence-electron chi connectivity index (χ0n) is 19.4. The molecule has 3 N–H and O–H groups in total. The Balaban J connectivity index is 1.79. The molecule has 3 aromatic carbocycles. The lowest BCUT2D eigenvalue weighted by molar-refractivity contribution is 0.282. The van der Waals surface area contributed by atoms with E-state index in [-0.39, 0.29) is 17.6 Å². The number of fused-ring (bicyclic) bond motifs is 1. The summed E-state index contributed by atoms with van der Waals surface area (Å²) in [4.78, 5) is 6.45. The van der Waals surface area contributed by atoms with E-state index in [1.165, 1.54) is 10.1 Å². The van der Waals surface area contributed by atoms with Crippen molar-refractivity contribution >= 4 is 28.7 Å². The fraction of sp³-hybridized carbons (Fsp3) is 0.222. The van der Waals surface area contributed by atoms with Gasteiger partial charge in [-0.15, -0.1) is 0 Å². The Bertz CT molecular complexity index is 1380. The summed E-state index contributed by atoms with van der Waals surface area (Å²) < 4.78 is 1.40. The van der Waals surface area contributed by atoms with Gasteiger partial charge in [-0.1, -0.05) is 63.2 Å². The Labute approximate surface area is 193 Å². The van der Waals surface area contributed by atoms with Gasteiger partial charge in [0.05, 0.1) is 18.5 Å². The number of nitrogens with zero attached hydrogens (tertiary/aromatic N) is 3. The molecule has 1 aromatic heterocycles. The summed E-state index contributed by atoms with van der Waals surface area (Å²) in [6.07, 6.45) is 1.07. The molecule has 1 heterocycles. The van der Waals surface area contributed by atoms with Gasteiger partial charge in [0.1, 0.15) is 5.82 Å². The molecule has 0 aliphatic heterocycles. The van der Waals surface area contributed by atoms with Gasteiger partial charge in [-0.25, -0.2) is 0 Å². The first-order valence-corrected chi connectivity index (χ1v) is 10.9. The summed E-state index contributed by atoms with van der Waals surface area (Å²) in [5.74, 6) is 0.623. The number of aromatic nitrogens is 2. The normalized spacial score (nSPS) is 11.5. The second kappa shape index (κ2) is 8.64. The lowest BCUT2D eigenvalue weighted by Crippen LogP contribution is -2.26. The van der Waals surface area contributed by atoms with Crippen LogP contribution in [-0.4, -0.2) is 28.0 Å². The third kappa shape index (κ3) is 4.30. The van der Waals surface area contributed by atoms with Crippen LogP contribution in [0.4, 0.5) is 11.5 Å². The van der Waals surface area contributed by atoms with Crippen molar-refractivity contribution in [3.05, 3.63) is 83.5 Å². The van der Waals surface area contributed by atoms with Gasteiger partial charge in [0.25, 0.3) is 0 Å². The molecular formula is C27H29N5O. The molecule has 0 aliphatic carbocycles. The summed E-state index contributed by atoms with van der Waals surface area (Å²) in [7, 11) is 1.93. The summed E-state index contributed by atoms with van der Waals surface area (Å²) >= 11 is 0. The molecular weight excluding hydrogens is 410 g/mol. The molecule has 0 aliphatic rings. The number of aliphatic hydroxyl groups is 1. The maximum atomic E-state index is 9.55. The summed E-state index contributed by atoms with van der Waals surface area (Å²) in [5, 5.41) is 26.4. The molecule has 0 spiro atoms. The van der Waals surface area contributed by atoms with Crippen LogP contribution in [-0.2, 0) is 12.0 Å². The van der Waals surface area contributed by atoms with Crippen molar-refractivity contribution in [3.8, 4) is 11.1 Å². The maximum Gasteiger partial charge on any atom is 0.229 e. The van der Waals surface area contributed by atoms with E-state index >= 15 is 0 Å². The fourth-order valence-electron chi connectivity index (χ4n) is 3.96. The SMILES string of the molecule is CN(c1cccc(-c2ccc(C(C)(C)C)cc2)c1)c1nc(=N)n(C=N)c2cc(CO)ccc12. The minimum Gasteiger partial charge on any atom is -0.392 e. The average Bonchev–Trinajstić information content (AvgIpc) is 2.82. The highest BCUT2D eigenvalue weighted by molar-refractivity contribution is 5.94. The van der Waals surface area contributed by atoms with E-state index in [2.05, 4.69) is 62.2 Å². The van der Waals surface area contributed by atoms with Gasteiger partial charge in [0, 0.05) is 18.1 Å². The molecule has 0 saturated heterocycles. The largest absolute Gasteiger partial charge is 0.392 e. The number of hydrogen-bond donors (Lipinski definition) is 3. The van der Waals surface area contributed by atoms with Crippen LogP contribution in [0.3, 0.4) is 0 Å². The van der Waals surface area contributed by atoms with Crippen LogP contribution in [0, 0.1) is 10.8 Å². The molecule has 0 radical (unpaired) electrons. The van der Waals surface area contributed by atoms with Crippen molar-refractivity contribution in [2.75, 3.05) is 11.9 Å². The Hall–Kier alpha value is -3.77. The van der Waals surface area contributed by atoms with Gasteiger partial charge in [-0.3, -0.25) is 15.4 Å². The van der Waals surface area contributed by atoms with Gasteiger partial charge in [0.15, 0.2) is 0 Å². The second-order valence-corrected chi connectivity index (χ2v) is 9.20. The number of hydrogen-bond acceptors (Lipinski definition) is 5. The number of benzene rings is 3. The predicted molar refractivity (Wildman–Crippen MR) is 134 cm³/mol. The van der Waals surface area contributed by atoms with Crippen LogP contribution in [0.2, 0.25) is 0 Å². The molecule has 0 atom stereocenters. The van der Waals surface area contributed by atoms with Crippen LogP contribution < -0.4 is 10.5 Å². The number of nitrogens with one attached hydrogen (secondary N) is 2. The topological polar surface area (TPSA) is 89.0 Å². The molecule has 33 heavy (non-hydrogen) atoms. The minimum atomic E-state index is -0.106. The van der Waals surface area contributed by atoms with Gasteiger partial charge >= 0.3 is 0 Å². The minimum absolute atomic E-state index is 0.0386. The van der Waals surface area contributed by atoms with Crippen molar-refractivity contribution < 1.29 is 5.11 Å². The third-order valence-electron chi connectivity index (χ3n) is 5.95. The van der Waals surface area contributed by atoms with Gasteiger partial charge in [-0.05, 0) is 51.9 Å². The Morgan fingerprint density at radius 1 is 1.00 bits per heavy atom. The second-order valence-electron chi connectivity index (χ2n) is 9.20. The lowest BCUT2D eigenvalue weighted by atomic mass is 9.86. The molecule has 168 valence electrons. The first-order valence-electron chi connectivity index (χ1n) is 10.9. The van der Waals surface area contributed by atoms with Gasteiger partial charge < -0.3 is 10.0 Å². The first kappa shape index (κ1) is 22.4. The summed E-state index contributed by atoms with van der Waals surface area (Å²) in [6, 6.07) is 22.4. The molecule has 0 unspecified atom stereocenters. The zero-order valence-corrected chi connectivity index (χ0v) is 19.4. The van der Waals surface area contributed by atoms with E-state index in [0.29, 0.717) is 11.3 Å². The van der Waals surface area contributed by atoms with E-state index in [0.717, 1.165) is 34.1 Å². The quantitative estimate of drug-likeness (QED) is 0.295. The highest BCUT2D eigenvalue weighted by atomic mass is 16.3. The smallest absolute Gasteiger partial charge is 0.229 e. The molecule has 6 heteroatoms. The molecule has 0 fully saturated rings. The number of rotatable bonds is 5. The maximum absolute atomic E-state index is 9.55. The molecule has 0 amide bonds. The predicted octanol–water partition coefficient (Wildman–Crippen LogP) is 5.20. The summed E-state index contributed by atoms with van der Waals surface area (Å²) in [5.41, 5.74) is 5.93. The summed E-state index contributed by atoms with van der Waals surface area (Å²) in [6.45, 7) is 6.52. The van der Waals surface area contributed by atoms with Gasteiger partial charge in [-0.2, -0.15) is 4.98 Å². The molecule has 4 aromatic rings. The highest BCUT2D eigenvalue weighted by Crippen LogP contribution is 2.32. The van der Waals surface area contributed by atoms with Crippen LogP contribution in [0.5, 0.6) is 0 Å². The van der Waals surface area contributed by atoms with E-state index in [1.54, 1.807) is 6.07 Å². The van der Waals surface area contributed by atoms with Gasteiger partial charge in [0.2, 0.25) is 5.62 Å². The first-order chi connectivity index (χ1) is 15.7. The Morgan fingerprint density at radius 3 is 2.36 bits per heavy atom.